The zero-order valence-electron chi connectivity index (χ0n) is 14.7. The molecule has 0 unspecified atom stereocenters. The summed E-state index contributed by atoms with van der Waals surface area (Å²) in [6.07, 6.45) is 0. The Morgan fingerprint density at radius 1 is 1.08 bits per heavy atom. The highest BCUT2D eigenvalue weighted by Gasteiger charge is 2.16. The first kappa shape index (κ1) is 17.6. The van der Waals surface area contributed by atoms with Gasteiger partial charge in [0.05, 0.1) is 17.1 Å². The Morgan fingerprint density at radius 3 is 2.54 bits per heavy atom. The average Bonchev–Trinajstić information content (AvgIpc) is 2.66. The molecule has 0 aliphatic carbocycles. The Labute approximate surface area is 152 Å². The lowest BCUT2D eigenvalue weighted by Crippen LogP contribution is -2.31. The van der Waals surface area contributed by atoms with Crippen LogP contribution in [0.2, 0.25) is 0 Å². The van der Waals surface area contributed by atoms with Crippen molar-refractivity contribution in [1.82, 2.24) is 10.3 Å². The number of hydrogen-bond donors (Lipinski definition) is 1. The van der Waals surface area contributed by atoms with Crippen molar-refractivity contribution in [3.05, 3.63) is 77.5 Å². The molecule has 0 saturated carbocycles. The number of para-hydroxylation sites is 1. The molecule has 1 heterocycles. The molecule has 5 heteroatoms. The predicted octanol–water partition coefficient (Wildman–Crippen LogP) is 3.58. The van der Waals surface area contributed by atoms with Gasteiger partial charge in [-0.2, -0.15) is 0 Å². The zero-order chi connectivity index (χ0) is 18.5. The van der Waals surface area contributed by atoms with Gasteiger partial charge in [0.15, 0.2) is 6.61 Å². The smallest absolute Gasteiger partial charge is 0.339 e. The SMILES string of the molecule is Cc1cc(C(=O)OCC(=O)N[C@H](C)c2ccccc2)c2ccccc2n1. The van der Waals surface area contributed by atoms with E-state index in [4.69, 9.17) is 4.74 Å². The van der Waals surface area contributed by atoms with Crippen LogP contribution in [-0.4, -0.2) is 23.5 Å². The van der Waals surface area contributed by atoms with Crippen LogP contribution >= 0.6 is 0 Å². The van der Waals surface area contributed by atoms with Crippen LogP contribution in [0.3, 0.4) is 0 Å². The number of benzene rings is 2. The quantitative estimate of drug-likeness (QED) is 0.716. The molecule has 26 heavy (non-hydrogen) atoms. The van der Waals surface area contributed by atoms with Gasteiger partial charge in [0, 0.05) is 11.1 Å². The van der Waals surface area contributed by atoms with Crippen LogP contribution < -0.4 is 5.32 Å². The number of aryl methyl sites for hydroxylation is 1. The second-order valence-electron chi connectivity index (χ2n) is 6.10. The fraction of sp³-hybridized carbons (Fsp3) is 0.190. The monoisotopic (exact) mass is 348 g/mol. The molecule has 0 saturated heterocycles. The molecule has 0 radical (unpaired) electrons. The minimum Gasteiger partial charge on any atom is -0.452 e. The summed E-state index contributed by atoms with van der Waals surface area (Å²) in [5.41, 5.74) is 2.85. The van der Waals surface area contributed by atoms with Gasteiger partial charge in [-0.05, 0) is 31.5 Å². The van der Waals surface area contributed by atoms with Crippen LogP contribution in [0.4, 0.5) is 0 Å². The van der Waals surface area contributed by atoms with Gasteiger partial charge in [-0.15, -0.1) is 0 Å². The molecule has 1 aromatic heterocycles. The first-order valence-electron chi connectivity index (χ1n) is 8.42. The molecule has 1 amide bonds. The van der Waals surface area contributed by atoms with E-state index in [0.29, 0.717) is 10.9 Å². The van der Waals surface area contributed by atoms with Gasteiger partial charge < -0.3 is 10.1 Å². The summed E-state index contributed by atoms with van der Waals surface area (Å²) in [7, 11) is 0. The van der Waals surface area contributed by atoms with Crippen molar-refractivity contribution in [1.29, 1.82) is 0 Å². The van der Waals surface area contributed by atoms with Crippen LogP contribution in [0.1, 0.15) is 34.6 Å². The van der Waals surface area contributed by atoms with Gasteiger partial charge in [-0.3, -0.25) is 9.78 Å². The molecule has 1 atom stereocenters. The summed E-state index contributed by atoms with van der Waals surface area (Å²) in [5, 5.41) is 3.53. The van der Waals surface area contributed by atoms with E-state index in [0.717, 1.165) is 16.8 Å². The van der Waals surface area contributed by atoms with Crippen molar-refractivity contribution in [2.75, 3.05) is 6.61 Å². The van der Waals surface area contributed by atoms with Crippen molar-refractivity contribution >= 4 is 22.8 Å². The lowest BCUT2D eigenvalue weighted by Gasteiger charge is -2.14. The Balaban J connectivity index is 1.65. The van der Waals surface area contributed by atoms with Crippen LogP contribution in [0.5, 0.6) is 0 Å². The van der Waals surface area contributed by atoms with E-state index in [1.54, 1.807) is 6.07 Å². The number of aromatic nitrogens is 1. The number of fused-ring (bicyclic) bond motifs is 1. The maximum absolute atomic E-state index is 12.4. The molecular formula is C21H20N2O3. The number of nitrogens with zero attached hydrogens (tertiary/aromatic N) is 1. The van der Waals surface area contributed by atoms with Gasteiger partial charge in [0.2, 0.25) is 0 Å². The zero-order valence-corrected chi connectivity index (χ0v) is 14.7. The number of pyridine rings is 1. The van der Waals surface area contributed by atoms with Crippen LogP contribution in [0.15, 0.2) is 60.7 Å². The third-order valence-electron chi connectivity index (χ3n) is 4.08. The number of carbonyl (C=O) groups is 2. The molecule has 1 N–H and O–H groups in total. The standard InChI is InChI=1S/C21H20N2O3/c1-14-12-18(17-10-6-7-11-19(17)22-14)21(25)26-13-20(24)23-15(2)16-8-4-3-5-9-16/h3-12,15H,13H2,1-2H3,(H,23,24)/t15-/m1/s1. The Bertz CT molecular complexity index is 938. The van der Waals surface area contributed by atoms with E-state index in [-0.39, 0.29) is 18.6 Å². The van der Waals surface area contributed by atoms with E-state index in [2.05, 4.69) is 10.3 Å². The second kappa shape index (κ2) is 7.78. The van der Waals surface area contributed by atoms with Crippen molar-refractivity contribution in [2.24, 2.45) is 0 Å². The van der Waals surface area contributed by atoms with Crippen molar-refractivity contribution < 1.29 is 14.3 Å². The lowest BCUT2D eigenvalue weighted by molar-refractivity contribution is -0.124. The number of rotatable bonds is 5. The first-order valence-corrected chi connectivity index (χ1v) is 8.42. The van der Waals surface area contributed by atoms with E-state index in [9.17, 15) is 9.59 Å². The largest absolute Gasteiger partial charge is 0.452 e. The van der Waals surface area contributed by atoms with E-state index in [1.165, 1.54) is 0 Å². The molecule has 0 aliphatic rings. The number of amides is 1. The van der Waals surface area contributed by atoms with Crippen LogP contribution in [-0.2, 0) is 9.53 Å². The molecule has 3 rings (SSSR count). The molecule has 132 valence electrons. The fourth-order valence-electron chi connectivity index (χ4n) is 2.79. The van der Waals surface area contributed by atoms with E-state index >= 15 is 0 Å². The third-order valence-corrected chi connectivity index (χ3v) is 4.08. The van der Waals surface area contributed by atoms with E-state index < -0.39 is 5.97 Å². The molecule has 0 fully saturated rings. The minimum atomic E-state index is -0.533. The summed E-state index contributed by atoms with van der Waals surface area (Å²) in [5.74, 6) is -0.876. The third kappa shape index (κ3) is 4.06. The number of ether oxygens (including phenoxy) is 1. The Hall–Kier alpha value is -3.21. The maximum atomic E-state index is 12.4. The fourth-order valence-corrected chi connectivity index (χ4v) is 2.79. The van der Waals surface area contributed by atoms with Crippen LogP contribution in [0, 0.1) is 6.92 Å². The highest BCUT2D eigenvalue weighted by molar-refractivity contribution is 6.04. The molecule has 0 bridgehead atoms. The van der Waals surface area contributed by atoms with Gasteiger partial charge >= 0.3 is 5.97 Å². The highest BCUT2D eigenvalue weighted by atomic mass is 16.5. The Kier molecular flexibility index (Phi) is 5.27. The normalized spacial score (nSPS) is 11.8. The summed E-state index contributed by atoms with van der Waals surface area (Å²) < 4.78 is 5.21. The van der Waals surface area contributed by atoms with E-state index in [1.807, 2.05) is 68.4 Å². The van der Waals surface area contributed by atoms with Gasteiger partial charge in [0.25, 0.3) is 5.91 Å². The first-order chi connectivity index (χ1) is 12.5. The van der Waals surface area contributed by atoms with Crippen LogP contribution in [0.25, 0.3) is 10.9 Å². The predicted molar refractivity (Wildman–Crippen MR) is 99.8 cm³/mol. The summed E-state index contributed by atoms with van der Waals surface area (Å²) in [4.78, 5) is 28.9. The van der Waals surface area contributed by atoms with Gasteiger partial charge in [-0.1, -0.05) is 48.5 Å². The molecule has 5 nitrogen and oxygen atoms in total. The number of nitrogens with one attached hydrogen (secondary N) is 1. The maximum Gasteiger partial charge on any atom is 0.339 e. The van der Waals surface area contributed by atoms with Gasteiger partial charge in [0.1, 0.15) is 0 Å². The molecule has 3 aromatic rings. The topological polar surface area (TPSA) is 68.3 Å². The summed E-state index contributed by atoms with van der Waals surface area (Å²) in [6.45, 7) is 3.37. The molecule has 0 aliphatic heterocycles. The Morgan fingerprint density at radius 2 is 1.77 bits per heavy atom. The number of carbonyl (C=O) groups excluding carboxylic acids is 2. The van der Waals surface area contributed by atoms with Crippen molar-refractivity contribution in [3.8, 4) is 0 Å². The highest BCUT2D eigenvalue weighted by Crippen LogP contribution is 2.19. The number of esters is 1. The van der Waals surface area contributed by atoms with Crippen molar-refractivity contribution in [2.45, 2.75) is 19.9 Å². The molecule has 0 spiro atoms. The van der Waals surface area contributed by atoms with Crippen molar-refractivity contribution in [3.63, 3.8) is 0 Å². The van der Waals surface area contributed by atoms with Gasteiger partial charge in [-0.25, -0.2) is 4.79 Å². The average molecular weight is 348 g/mol. The molecular weight excluding hydrogens is 328 g/mol. The lowest BCUT2D eigenvalue weighted by atomic mass is 10.1. The molecule has 2 aromatic carbocycles. The summed E-state index contributed by atoms with van der Waals surface area (Å²) >= 11 is 0. The second-order valence-corrected chi connectivity index (χ2v) is 6.10. The number of hydrogen-bond acceptors (Lipinski definition) is 4. The minimum absolute atomic E-state index is 0.161. The summed E-state index contributed by atoms with van der Waals surface area (Å²) in [6, 6.07) is 18.5.